The van der Waals surface area contributed by atoms with Gasteiger partial charge in [0.15, 0.2) is 0 Å². The number of carboxylic acids is 1. The Morgan fingerprint density at radius 1 is 0.929 bits per heavy atom. The lowest BCUT2D eigenvalue weighted by Crippen LogP contribution is -2.48. The summed E-state index contributed by atoms with van der Waals surface area (Å²) >= 11 is 0. The summed E-state index contributed by atoms with van der Waals surface area (Å²) in [4.78, 5) is 24.2. The van der Waals surface area contributed by atoms with E-state index in [9.17, 15) is 14.7 Å². The Morgan fingerprint density at radius 3 is 2.00 bits per heavy atom. The van der Waals surface area contributed by atoms with Gasteiger partial charge in [-0.3, -0.25) is 4.79 Å². The second-order valence-corrected chi connectivity index (χ2v) is 7.61. The predicted molar refractivity (Wildman–Crippen MR) is 102 cm³/mol. The molecular formula is C23H24NO4-. The molecule has 0 aromatic heterocycles. The lowest BCUT2D eigenvalue weighted by Gasteiger charge is -2.28. The summed E-state index contributed by atoms with van der Waals surface area (Å²) in [5.74, 6) is -2.73. The van der Waals surface area contributed by atoms with Crippen LogP contribution in [0, 0.1) is 11.8 Å². The van der Waals surface area contributed by atoms with E-state index >= 15 is 0 Å². The van der Waals surface area contributed by atoms with Gasteiger partial charge in [-0.15, -0.1) is 0 Å². The minimum atomic E-state index is -1.18. The maximum Gasteiger partial charge on any atom is 0.226 e. The van der Waals surface area contributed by atoms with Gasteiger partial charge in [-0.1, -0.05) is 60.7 Å². The van der Waals surface area contributed by atoms with Gasteiger partial charge in [0.25, 0.3) is 0 Å². The van der Waals surface area contributed by atoms with E-state index in [0.29, 0.717) is 13.0 Å². The number of benzene rings is 2. The molecule has 1 amide bonds. The van der Waals surface area contributed by atoms with Crippen LogP contribution in [0.15, 0.2) is 60.7 Å². The van der Waals surface area contributed by atoms with Crippen LogP contribution in [-0.4, -0.2) is 30.6 Å². The number of ether oxygens (including phenoxy) is 1. The van der Waals surface area contributed by atoms with Crippen molar-refractivity contribution in [2.24, 2.45) is 11.8 Å². The molecular weight excluding hydrogens is 354 g/mol. The zero-order valence-corrected chi connectivity index (χ0v) is 15.6. The van der Waals surface area contributed by atoms with Crippen molar-refractivity contribution in [2.45, 2.75) is 37.4 Å². The summed E-state index contributed by atoms with van der Waals surface area (Å²) in [5, 5.41) is 14.4. The molecule has 2 aromatic carbocycles. The van der Waals surface area contributed by atoms with Crippen molar-refractivity contribution in [3.8, 4) is 0 Å². The monoisotopic (exact) mass is 378 g/mol. The molecule has 0 unspecified atom stereocenters. The third-order valence-corrected chi connectivity index (χ3v) is 5.98. The van der Waals surface area contributed by atoms with E-state index in [1.54, 1.807) is 0 Å². The number of carbonyl (C=O) groups excluding carboxylic acids is 2. The third kappa shape index (κ3) is 3.67. The average molecular weight is 378 g/mol. The molecule has 2 heterocycles. The highest BCUT2D eigenvalue weighted by atomic mass is 16.5. The summed E-state index contributed by atoms with van der Waals surface area (Å²) in [5.41, 5.74) is 2.39. The Bertz CT molecular complexity index is 784. The van der Waals surface area contributed by atoms with Gasteiger partial charge >= 0.3 is 0 Å². The molecule has 0 aliphatic carbocycles. The molecule has 4 rings (SSSR count). The second-order valence-electron chi connectivity index (χ2n) is 7.61. The van der Waals surface area contributed by atoms with E-state index in [2.05, 4.69) is 29.6 Å². The second kappa shape index (κ2) is 8.15. The molecule has 2 aliphatic rings. The minimum Gasteiger partial charge on any atom is -0.550 e. The van der Waals surface area contributed by atoms with Crippen LogP contribution >= 0.6 is 0 Å². The van der Waals surface area contributed by atoms with Crippen molar-refractivity contribution in [3.63, 3.8) is 0 Å². The van der Waals surface area contributed by atoms with Crippen LogP contribution in [0.4, 0.5) is 0 Å². The van der Waals surface area contributed by atoms with Crippen LogP contribution in [0.1, 0.15) is 36.3 Å². The van der Waals surface area contributed by atoms with Crippen molar-refractivity contribution in [1.82, 2.24) is 5.32 Å². The zero-order valence-electron chi connectivity index (χ0n) is 15.6. The molecule has 2 bridgehead atoms. The van der Waals surface area contributed by atoms with Gasteiger partial charge < -0.3 is 20.0 Å². The first kappa shape index (κ1) is 18.7. The fourth-order valence-electron chi connectivity index (χ4n) is 4.66. The molecule has 2 saturated heterocycles. The molecule has 0 saturated carbocycles. The number of nitrogens with one attached hydrogen (secondary N) is 1. The first-order chi connectivity index (χ1) is 13.6. The van der Waals surface area contributed by atoms with Crippen LogP contribution in [0.2, 0.25) is 0 Å². The quantitative estimate of drug-likeness (QED) is 0.798. The third-order valence-electron chi connectivity index (χ3n) is 5.98. The standard InChI is InChI=1S/C23H25NO4/c25-22(20-18-11-12-19(28-18)21(20)23(26)27)24-14-13-17(15-7-3-1-4-8-15)16-9-5-2-6-10-16/h1-10,17-21H,11-14H2,(H,24,25)(H,26,27)/p-1/t18-,19+,20+,21+/m1/s1. The molecule has 4 atom stereocenters. The first-order valence-corrected chi connectivity index (χ1v) is 9.89. The van der Waals surface area contributed by atoms with Gasteiger partial charge in [0, 0.05) is 24.3 Å². The summed E-state index contributed by atoms with van der Waals surface area (Å²) in [7, 11) is 0. The van der Waals surface area contributed by atoms with Gasteiger partial charge in [-0.05, 0) is 30.4 Å². The zero-order chi connectivity index (χ0) is 19.5. The minimum absolute atomic E-state index is 0.163. The Hall–Kier alpha value is -2.66. The van der Waals surface area contributed by atoms with Crippen LogP contribution < -0.4 is 10.4 Å². The van der Waals surface area contributed by atoms with Crippen LogP contribution in [0.25, 0.3) is 0 Å². The van der Waals surface area contributed by atoms with Gasteiger partial charge in [0.1, 0.15) is 0 Å². The molecule has 28 heavy (non-hydrogen) atoms. The maximum absolute atomic E-state index is 12.7. The van der Waals surface area contributed by atoms with Gasteiger partial charge in [0.05, 0.1) is 18.1 Å². The summed E-state index contributed by atoms with van der Waals surface area (Å²) in [6.45, 7) is 0.473. The highest BCUT2D eigenvalue weighted by molar-refractivity contribution is 5.86. The van der Waals surface area contributed by atoms with Gasteiger partial charge in [-0.25, -0.2) is 0 Å². The summed E-state index contributed by atoms with van der Waals surface area (Å²) in [6, 6.07) is 20.4. The number of fused-ring (bicyclic) bond motifs is 2. The van der Waals surface area contributed by atoms with Crippen molar-refractivity contribution in [1.29, 1.82) is 0 Å². The SMILES string of the molecule is O=C([O-])[C@@H]1[C@@H](C(=O)NCCC(c2ccccc2)c2ccccc2)[C@H]2CC[C@@H]1O2. The highest BCUT2D eigenvalue weighted by Gasteiger charge is 2.52. The number of carbonyl (C=O) groups is 2. The molecule has 2 aliphatic heterocycles. The number of rotatable bonds is 7. The lowest BCUT2D eigenvalue weighted by molar-refractivity contribution is -0.314. The van der Waals surface area contributed by atoms with Crippen molar-refractivity contribution < 1.29 is 19.4 Å². The molecule has 146 valence electrons. The Kier molecular flexibility index (Phi) is 5.44. The number of amides is 1. The van der Waals surface area contributed by atoms with Gasteiger partial charge in [-0.2, -0.15) is 0 Å². The number of hydrogen-bond donors (Lipinski definition) is 1. The van der Waals surface area contributed by atoms with E-state index < -0.39 is 17.8 Å². The van der Waals surface area contributed by atoms with E-state index in [0.717, 1.165) is 12.8 Å². The largest absolute Gasteiger partial charge is 0.550 e. The summed E-state index contributed by atoms with van der Waals surface area (Å²) in [6.07, 6.45) is 1.48. The van der Waals surface area contributed by atoms with Crippen LogP contribution in [-0.2, 0) is 14.3 Å². The molecule has 0 spiro atoms. The lowest BCUT2D eigenvalue weighted by atomic mass is 9.78. The summed E-state index contributed by atoms with van der Waals surface area (Å²) < 4.78 is 5.66. The highest BCUT2D eigenvalue weighted by Crippen LogP contribution is 2.43. The fourth-order valence-corrected chi connectivity index (χ4v) is 4.66. The smallest absolute Gasteiger partial charge is 0.226 e. The van der Waals surface area contributed by atoms with E-state index in [1.807, 2.05) is 36.4 Å². The van der Waals surface area contributed by atoms with Crippen molar-refractivity contribution in [3.05, 3.63) is 71.8 Å². The van der Waals surface area contributed by atoms with E-state index in [4.69, 9.17) is 4.74 Å². The first-order valence-electron chi connectivity index (χ1n) is 9.89. The Morgan fingerprint density at radius 2 is 1.46 bits per heavy atom. The van der Waals surface area contributed by atoms with E-state index in [-0.39, 0.29) is 24.0 Å². The molecule has 5 nitrogen and oxygen atoms in total. The number of aliphatic carboxylic acids is 1. The molecule has 5 heteroatoms. The fraction of sp³-hybridized carbons (Fsp3) is 0.391. The van der Waals surface area contributed by atoms with Gasteiger partial charge in [0.2, 0.25) is 5.91 Å². The number of hydrogen-bond acceptors (Lipinski definition) is 4. The maximum atomic E-state index is 12.7. The van der Waals surface area contributed by atoms with Crippen molar-refractivity contribution in [2.75, 3.05) is 6.54 Å². The molecule has 2 aromatic rings. The van der Waals surface area contributed by atoms with Crippen molar-refractivity contribution >= 4 is 11.9 Å². The number of carboxylic acid groups (broad SMARTS) is 1. The topological polar surface area (TPSA) is 78.5 Å². The normalized spacial score (nSPS) is 25.8. The Balaban J connectivity index is 1.42. The molecule has 2 fully saturated rings. The molecule has 0 radical (unpaired) electrons. The predicted octanol–water partition coefficient (Wildman–Crippen LogP) is 1.87. The molecule has 1 N–H and O–H groups in total. The van der Waals surface area contributed by atoms with E-state index in [1.165, 1.54) is 11.1 Å². The van der Waals surface area contributed by atoms with Crippen LogP contribution in [0.3, 0.4) is 0 Å². The van der Waals surface area contributed by atoms with Crippen LogP contribution in [0.5, 0.6) is 0 Å². The Labute approximate surface area is 164 Å². The average Bonchev–Trinajstić information content (AvgIpc) is 3.34.